The molecule has 0 aromatic carbocycles. The molecule has 1 unspecified atom stereocenters. The van der Waals surface area contributed by atoms with E-state index in [1.54, 1.807) is 13.8 Å². The van der Waals surface area contributed by atoms with Gasteiger partial charge >= 0.3 is 0 Å². The lowest BCUT2D eigenvalue weighted by Gasteiger charge is -2.09. The minimum absolute atomic E-state index is 0.201. The van der Waals surface area contributed by atoms with E-state index >= 15 is 0 Å². The summed E-state index contributed by atoms with van der Waals surface area (Å²) in [6.07, 6.45) is 5.50. The van der Waals surface area contributed by atoms with E-state index < -0.39 is 17.9 Å². The summed E-state index contributed by atoms with van der Waals surface area (Å²) in [7, 11) is 0. The van der Waals surface area contributed by atoms with Crippen molar-refractivity contribution in [2.45, 2.75) is 26.4 Å². The van der Waals surface area contributed by atoms with Gasteiger partial charge in [-0.2, -0.15) is 19.7 Å². The van der Waals surface area contributed by atoms with Gasteiger partial charge in [0, 0.05) is 12.7 Å². The fraction of sp³-hybridized carbons (Fsp3) is 0.333. The maximum atomic E-state index is 13.7. The second kappa shape index (κ2) is 6.49. The Morgan fingerprint density at radius 2 is 2.33 bits per heavy atom. The van der Waals surface area contributed by atoms with E-state index in [4.69, 9.17) is 11.6 Å². The van der Waals surface area contributed by atoms with Gasteiger partial charge in [-0.3, -0.25) is 9.48 Å². The van der Waals surface area contributed by atoms with E-state index in [1.807, 2.05) is 0 Å². The molecule has 1 amide bonds. The van der Waals surface area contributed by atoms with Crippen LogP contribution in [0.25, 0.3) is 0 Å². The van der Waals surface area contributed by atoms with E-state index in [2.05, 4.69) is 20.7 Å². The van der Waals surface area contributed by atoms with Crippen molar-refractivity contribution in [3.8, 4) is 0 Å². The summed E-state index contributed by atoms with van der Waals surface area (Å²) in [5.41, 5.74) is 2.52. The minimum Gasteiger partial charge on any atom is -0.271 e. The van der Waals surface area contributed by atoms with Crippen LogP contribution in [0.3, 0.4) is 0 Å². The van der Waals surface area contributed by atoms with Crippen molar-refractivity contribution >= 4 is 23.7 Å². The molecule has 2 heterocycles. The predicted molar refractivity (Wildman–Crippen MR) is 75.5 cm³/mol. The zero-order valence-electron chi connectivity index (χ0n) is 11.5. The number of carbonyl (C=O) groups is 1. The summed E-state index contributed by atoms with van der Waals surface area (Å²) in [4.78, 5) is 11.8. The summed E-state index contributed by atoms with van der Waals surface area (Å²) in [6.45, 7) is 3.84. The number of hydrogen-bond donors (Lipinski definition) is 1. The number of aromatic nitrogens is 4. The maximum Gasteiger partial charge on any atom is 0.264 e. The molecule has 0 aliphatic heterocycles. The standard InChI is InChI=1S/C12H14ClFN6O/c1-3-19-11(14)9(5-16-19)4-15-18-12(21)8(2)20-7-10(13)6-17-20/h4-8H,3H2,1-2H3,(H,18,21). The normalized spacial score (nSPS) is 12.8. The second-order valence-electron chi connectivity index (χ2n) is 4.26. The highest BCUT2D eigenvalue weighted by molar-refractivity contribution is 6.30. The van der Waals surface area contributed by atoms with Crippen LogP contribution < -0.4 is 5.43 Å². The molecule has 9 heteroatoms. The Hall–Kier alpha value is -2.22. The first kappa shape index (κ1) is 15.2. The lowest BCUT2D eigenvalue weighted by atomic mass is 10.3. The summed E-state index contributed by atoms with van der Waals surface area (Å²) in [6, 6.07) is -0.585. The molecule has 2 rings (SSSR count). The highest BCUT2D eigenvalue weighted by Gasteiger charge is 2.15. The zero-order chi connectivity index (χ0) is 15.4. The number of rotatable bonds is 5. The highest BCUT2D eigenvalue weighted by Crippen LogP contribution is 2.10. The molecule has 0 aliphatic rings. The Labute approximate surface area is 125 Å². The fourth-order valence-corrected chi connectivity index (χ4v) is 1.74. The van der Waals surface area contributed by atoms with Gasteiger partial charge in [-0.25, -0.2) is 10.1 Å². The molecule has 0 fully saturated rings. The molecule has 0 aliphatic carbocycles. The van der Waals surface area contributed by atoms with Crippen LogP contribution in [0.1, 0.15) is 25.5 Å². The van der Waals surface area contributed by atoms with Crippen LogP contribution in [-0.4, -0.2) is 31.7 Å². The van der Waals surface area contributed by atoms with Crippen molar-refractivity contribution in [3.05, 3.63) is 35.1 Å². The third-order valence-electron chi connectivity index (χ3n) is 2.83. The third kappa shape index (κ3) is 3.46. The minimum atomic E-state index is -0.585. The van der Waals surface area contributed by atoms with Crippen LogP contribution in [0.4, 0.5) is 4.39 Å². The average molecular weight is 313 g/mol. The molecule has 7 nitrogen and oxygen atoms in total. The zero-order valence-corrected chi connectivity index (χ0v) is 12.3. The second-order valence-corrected chi connectivity index (χ2v) is 4.69. The highest BCUT2D eigenvalue weighted by atomic mass is 35.5. The van der Waals surface area contributed by atoms with Gasteiger partial charge < -0.3 is 0 Å². The molecule has 0 saturated heterocycles. The molecular weight excluding hydrogens is 299 g/mol. The van der Waals surface area contributed by atoms with Crippen LogP contribution in [0.15, 0.2) is 23.7 Å². The molecular formula is C12H14ClFN6O. The number of nitrogens with one attached hydrogen (secondary N) is 1. The lowest BCUT2D eigenvalue weighted by molar-refractivity contribution is -0.124. The monoisotopic (exact) mass is 312 g/mol. The van der Waals surface area contributed by atoms with Gasteiger partial charge in [-0.1, -0.05) is 11.6 Å². The number of nitrogens with zero attached hydrogens (tertiary/aromatic N) is 5. The summed E-state index contributed by atoms with van der Waals surface area (Å²) >= 11 is 5.73. The number of amides is 1. The van der Waals surface area contributed by atoms with E-state index in [1.165, 1.54) is 34.2 Å². The molecule has 0 saturated carbocycles. The molecule has 0 bridgehead atoms. The Bertz CT molecular complexity index is 665. The molecule has 2 aromatic heterocycles. The van der Waals surface area contributed by atoms with E-state index in [-0.39, 0.29) is 5.56 Å². The number of hydrazone groups is 1. The molecule has 0 spiro atoms. The van der Waals surface area contributed by atoms with Crippen molar-refractivity contribution in [1.29, 1.82) is 0 Å². The van der Waals surface area contributed by atoms with Crippen LogP contribution >= 0.6 is 11.6 Å². The fourth-order valence-electron chi connectivity index (χ4n) is 1.60. The van der Waals surface area contributed by atoms with Gasteiger partial charge in [0.15, 0.2) is 0 Å². The SMILES string of the molecule is CCn1ncc(C=NNC(=O)C(C)n2cc(Cl)cn2)c1F. The Morgan fingerprint density at radius 1 is 1.57 bits per heavy atom. The van der Waals surface area contributed by atoms with Gasteiger partial charge in [0.25, 0.3) is 5.91 Å². The molecule has 0 radical (unpaired) electrons. The van der Waals surface area contributed by atoms with Crippen LogP contribution in [0, 0.1) is 5.95 Å². The summed E-state index contributed by atoms with van der Waals surface area (Å²) in [5, 5.41) is 11.9. The van der Waals surface area contributed by atoms with Gasteiger partial charge in [0.2, 0.25) is 5.95 Å². The van der Waals surface area contributed by atoms with E-state index in [9.17, 15) is 9.18 Å². The van der Waals surface area contributed by atoms with Crippen molar-refractivity contribution < 1.29 is 9.18 Å². The van der Waals surface area contributed by atoms with Gasteiger partial charge in [0.05, 0.1) is 29.2 Å². The van der Waals surface area contributed by atoms with Gasteiger partial charge in [-0.05, 0) is 13.8 Å². The van der Waals surface area contributed by atoms with E-state index in [0.29, 0.717) is 11.6 Å². The first-order valence-electron chi connectivity index (χ1n) is 6.26. The number of halogens is 2. The maximum absolute atomic E-state index is 13.7. The van der Waals surface area contributed by atoms with Crippen molar-refractivity contribution in [2.24, 2.45) is 5.10 Å². The van der Waals surface area contributed by atoms with Crippen molar-refractivity contribution in [2.75, 3.05) is 0 Å². The Morgan fingerprint density at radius 3 is 2.90 bits per heavy atom. The molecule has 1 N–H and O–H groups in total. The largest absolute Gasteiger partial charge is 0.271 e. The predicted octanol–water partition coefficient (Wildman–Crippen LogP) is 1.60. The van der Waals surface area contributed by atoms with Crippen molar-refractivity contribution in [3.63, 3.8) is 0 Å². The number of carbonyl (C=O) groups excluding carboxylic acids is 1. The number of hydrogen-bond acceptors (Lipinski definition) is 4. The van der Waals surface area contributed by atoms with Crippen LogP contribution in [-0.2, 0) is 11.3 Å². The topological polar surface area (TPSA) is 77.1 Å². The molecule has 1 atom stereocenters. The third-order valence-corrected chi connectivity index (χ3v) is 3.02. The molecule has 112 valence electrons. The van der Waals surface area contributed by atoms with Crippen molar-refractivity contribution in [1.82, 2.24) is 25.0 Å². The molecule has 2 aromatic rings. The molecule has 21 heavy (non-hydrogen) atoms. The summed E-state index contributed by atoms with van der Waals surface area (Å²) in [5.74, 6) is -0.892. The Balaban J connectivity index is 1.97. The first-order chi connectivity index (χ1) is 10.0. The van der Waals surface area contributed by atoms with Gasteiger partial charge in [0.1, 0.15) is 6.04 Å². The number of aryl methyl sites for hydroxylation is 1. The Kier molecular flexibility index (Phi) is 4.69. The summed E-state index contributed by atoms with van der Waals surface area (Å²) < 4.78 is 16.2. The van der Waals surface area contributed by atoms with Crippen LogP contribution in [0.5, 0.6) is 0 Å². The van der Waals surface area contributed by atoms with Crippen LogP contribution in [0.2, 0.25) is 5.02 Å². The average Bonchev–Trinajstić information content (AvgIpc) is 3.05. The van der Waals surface area contributed by atoms with E-state index in [0.717, 1.165) is 0 Å². The van der Waals surface area contributed by atoms with Gasteiger partial charge in [-0.15, -0.1) is 0 Å². The quantitative estimate of drug-likeness (QED) is 0.673. The smallest absolute Gasteiger partial charge is 0.264 e. The lowest BCUT2D eigenvalue weighted by Crippen LogP contribution is -2.27. The first-order valence-corrected chi connectivity index (χ1v) is 6.64.